The number of urea groups is 1. The fourth-order valence-corrected chi connectivity index (χ4v) is 2.55. The van der Waals surface area contributed by atoms with Gasteiger partial charge in [0.1, 0.15) is 0 Å². The van der Waals surface area contributed by atoms with Gasteiger partial charge < -0.3 is 20.4 Å². The zero-order valence-electron chi connectivity index (χ0n) is 11.4. The summed E-state index contributed by atoms with van der Waals surface area (Å²) in [6.45, 7) is 1.34. The van der Waals surface area contributed by atoms with Gasteiger partial charge in [-0.15, -0.1) is 0 Å². The Kier molecular flexibility index (Phi) is 5.03. The van der Waals surface area contributed by atoms with Gasteiger partial charge in [0.2, 0.25) is 0 Å². The first-order chi connectivity index (χ1) is 10.0. The highest BCUT2D eigenvalue weighted by Gasteiger charge is 2.22. The van der Waals surface area contributed by atoms with Gasteiger partial charge in [-0.05, 0) is 37.0 Å². The molecule has 21 heavy (non-hydrogen) atoms. The average Bonchev–Trinajstić information content (AvgIpc) is 2.47. The van der Waals surface area contributed by atoms with Crippen LogP contribution in [-0.2, 0) is 0 Å². The van der Waals surface area contributed by atoms with E-state index in [1.165, 1.54) is 18.2 Å². The van der Waals surface area contributed by atoms with Crippen LogP contribution in [0.5, 0.6) is 0 Å². The highest BCUT2D eigenvalue weighted by Crippen LogP contribution is 2.22. The lowest BCUT2D eigenvalue weighted by molar-refractivity contribution is 0.0697. The Hall–Kier alpha value is -1.79. The second-order valence-electron chi connectivity index (χ2n) is 5.04. The molecule has 0 saturated carbocycles. The van der Waals surface area contributed by atoms with E-state index in [-0.39, 0.29) is 29.1 Å². The summed E-state index contributed by atoms with van der Waals surface area (Å²) in [7, 11) is 0. The second-order valence-corrected chi connectivity index (χ2v) is 5.45. The van der Waals surface area contributed by atoms with Crippen molar-refractivity contribution >= 4 is 29.3 Å². The molecule has 1 aliphatic heterocycles. The Balaban J connectivity index is 1.97. The molecule has 1 aliphatic rings. The van der Waals surface area contributed by atoms with E-state index < -0.39 is 5.97 Å². The molecule has 6 nitrogen and oxygen atoms in total. The number of carboxylic acids is 1. The molecule has 0 spiro atoms. The van der Waals surface area contributed by atoms with Gasteiger partial charge in [0.25, 0.3) is 0 Å². The smallest absolute Gasteiger partial charge is 0.337 e. The zero-order chi connectivity index (χ0) is 15.4. The summed E-state index contributed by atoms with van der Waals surface area (Å²) in [5, 5.41) is 20.7. The summed E-state index contributed by atoms with van der Waals surface area (Å²) in [5.41, 5.74) is 0.456. The first-order valence-electron chi connectivity index (χ1n) is 6.71. The average molecular weight is 313 g/mol. The number of aliphatic hydroxyl groups is 1. The Morgan fingerprint density at radius 2 is 2.00 bits per heavy atom. The topological polar surface area (TPSA) is 89.9 Å². The number of nitrogens with one attached hydrogen (secondary N) is 1. The number of anilines is 1. The van der Waals surface area contributed by atoms with Crippen LogP contribution in [0.4, 0.5) is 10.5 Å². The third-order valence-corrected chi connectivity index (χ3v) is 3.92. The number of nitrogens with zero attached hydrogens (tertiary/aromatic N) is 1. The molecule has 3 N–H and O–H groups in total. The van der Waals surface area contributed by atoms with Crippen molar-refractivity contribution in [2.24, 2.45) is 5.92 Å². The number of aromatic carboxylic acids is 1. The Morgan fingerprint density at radius 3 is 2.52 bits per heavy atom. The van der Waals surface area contributed by atoms with Crippen LogP contribution in [0.25, 0.3) is 0 Å². The highest BCUT2D eigenvalue weighted by molar-refractivity contribution is 6.33. The maximum Gasteiger partial charge on any atom is 0.337 e. The molecule has 1 fully saturated rings. The molecule has 1 heterocycles. The quantitative estimate of drug-likeness (QED) is 0.798. The van der Waals surface area contributed by atoms with Crippen LogP contribution in [0.3, 0.4) is 0 Å². The number of carboxylic acid groups (broad SMARTS) is 1. The van der Waals surface area contributed by atoms with Crippen molar-refractivity contribution in [3.63, 3.8) is 0 Å². The molecule has 114 valence electrons. The maximum absolute atomic E-state index is 12.1. The van der Waals surface area contributed by atoms with Crippen molar-refractivity contribution in [2.45, 2.75) is 12.8 Å². The van der Waals surface area contributed by atoms with Crippen molar-refractivity contribution in [1.82, 2.24) is 4.90 Å². The zero-order valence-corrected chi connectivity index (χ0v) is 12.1. The van der Waals surface area contributed by atoms with Crippen LogP contribution >= 0.6 is 11.6 Å². The third-order valence-electron chi connectivity index (χ3n) is 3.61. The normalized spacial score (nSPS) is 15.8. The van der Waals surface area contributed by atoms with Crippen LogP contribution in [0.1, 0.15) is 23.2 Å². The van der Waals surface area contributed by atoms with Gasteiger partial charge >= 0.3 is 12.0 Å². The number of carbonyl (C=O) groups is 2. The van der Waals surface area contributed by atoms with Crippen LogP contribution in [0, 0.1) is 5.92 Å². The van der Waals surface area contributed by atoms with E-state index in [0.29, 0.717) is 18.8 Å². The van der Waals surface area contributed by atoms with Gasteiger partial charge in [-0.25, -0.2) is 9.59 Å². The van der Waals surface area contributed by atoms with Gasteiger partial charge in [0.15, 0.2) is 0 Å². The number of carbonyl (C=O) groups excluding carboxylic acids is 1. The minimum Gasteiger partial charge on any atom is -0.478 e. The van der Waals surface area contributed by atoms with Crippen LogP contribution in [0.2, 0.25) is 5.02 Å². The Bertz CT molecular complexity index is 542. The summed E-state index contributed by atoms with van der Waals surface area (Å²) >= 11 is 5.86. The summed E-state index contributed by atoms with van der Waals surface area (Å²) in [4.78, 5) is 24.6. The number of halogens is 1. The third kappa shape index (κ3) is 3.86. The van der Waals surface area contributed by atoms with Gasteiger partial charge in [-0.3, -0.25) is 0 Å². The standard InChI is InChI=1S/C14H17ClN2O4/c15-12-7-10(1-2-11(12)13(19)20)16-14(21)17-5-3-9(8-18)4-6-17/h1-2,7,9,18H,3-6,8H2,(H,16,21)(H,19,20). The molecule has 0 radical (unpaired) electrons. The lowest BCUT2D eigenvalue weighted by Gasteiger charge is -2.31. The predicted molar refractivity (Wildman–Crippen MR) is 78.8 cm³/mol. The summed E-state index contributed by atoms with van der Waals surface area (Å²) < 4.78 is 0. The number of likely N-dealkylation sites (tertiary alicyclic amines) is 1. The second kappa shape index (κ2) is 6.78. The Labute approximate surface area is 127 Å². The van der Waals surface area contributed by atoms with E-state index in [2.05, 4.69) is 5.32 Å². The van der Waals surface area contributed by atoms with Crippen molar-refractivity contribution in [2.75, 3.05) is 25.0 Å². The minimum absolute atomic E-state index is 0.00146. The van der Waals surface area contributed by atoms with Gasteiger partial charge in [-0.1, -0.05) is 11.6 Å². The molecule has 0 atom stereocenters. The van der Waals surface area contributed by atoms with Crippen LogP contribution < -0.4 is 5.32 Å². The number of piperidine rings is 1. The predicted octanol–water partition coefficient (Wildman–Crippen LogP) is 2.27. The van der Waals surface area contributed by atoms with Crippen molar-refractivity contribution in [3.8, 4) is 0 Å². The molecule has 1 aromatic carbocycles. The molecule has 1 saturated heterocycles. The molecule has 2 rings (SSSR count). The molecule has 0 aliphatic carbocycles. The maximum atomic E-state index is 12.1. The van der Waals surface area contributed by atoms with E-state index in [0.717, 1.165) is 12.8 Å². The van der Waals surface area contributed by atoms with Crippen LogP contribution in [0.15, 0.2) is 18.2 Å². The van der Waals surface area contributed by atoms with E-state index >= 15 is 0 Å². The van der Waals surface area contributed by atoms with Gasteiger partial charge in [0.05, 0.1) is 10.6 Å². The van der Waals surface area contributed by atoms with Crippen molar-refractivity contribution in [1.29, 1.82) is 0 Å². The van der Waals surface area contributed by atoms with Gasteiger partial charge in [0, 0.05) is 25.4 Å². The lowest BCUT2D eigenvalue weighted by atomic mass is 9.98. The molecule has 2 amide bonds. The summed E-state index contributed by atoms with van der Waals surface area (Å²) in [6, 6.07) is 4.04. The van der Waals surface area contributed by atoms with E-state index in [1.807, 2.05) is 0 Å². The van der Waals surface area contributed by atoms with Crippen molar-refractivity contribution < 1.29 is 19.8 Å². The van der Waals surface area contributed by atoms with E-state index in [4.69, 9.17) is 21.8 Å². The molecular formula is C14H17ClN2O4. The number of aliphatic hydroxyl groups excluding tert-OH is 1. The Morgan fingerprint density at radius 1 is 1.33 bits per heavy atom. The first kappa shape index (κ1) is 15.6. The molecule has 7 heteroatoms. The molecule has 0 aromatic heterocycles. The number of hydrogen-bond donors (Lipinski definition) is 3. The molecule has 0 bridgehead atoms. The fraction of sp³-hybridized carbons (Fsp3) is 0.429. The molecule has 1 aromatic rings. The number of benzene rings is 1. The lowest BCUT2D eigenvalue weighted by Crippen LogP contribution is -2.41. The first-order valence-corrected chi connectivity index (χ1v) is 7.08. The summed E-state index contributed by atoms with van der Waals surface area (Å²) in [5.74, 6) is -0.845. The van der Waals surface area contributed by atoms with Gasteiger partial charge in [-0.2, -0.15) is 0 Å². The SMILES string of the molecule is O=C(O)c1ccc(NC(=O)N2CCC(CO)CC2)cc1Cl. The number of hydrogen-bond acceptors (Lipinski definition) is 3. The minimum atomic E-state index is -1.11. The number of rotatable bonds is 3. The fourth-order valence-electron chi connectivity index (χ4n) is 2.29. The highest BCUT2D eigenvalue weighted by atomic mass is 35.5. The largest absolute Gasteiger partial charge is 0.478 e. The van der Waals surface area contributed by atoms with Crippen molar-refractivity contribution in [3.05, 3.63) is 28.8 Å². The molecule has 0 unspecified atom stereocenters. The van der Waals surface area contributed by atoms with E-state index in [9.17, 15) is 9.59 Å². The van der Waals surface area contributed by atoms with Crippen LogP contribution in [-0.4, -0.2) is 46.8 Å². The summed E-state index contributed by atoms with van der Waals surface area (Å²) in [6.07, 6.45) is 1.56. The van der Waals surface area contributed by atoms with E-state index in [1.54, 1.807) is 4.90 Å². The molecular weight excluding hydrogens is 296 g/mol. The number of amides is 2. The monoisotopic (exact) mass is 312 g/mol.